The van der Waals surface area contributed by atoms with Crippen molar-refractivity contribution in [3.8, 4) is 0 Å². The number of methoxy groups -OCH3 is 1. The van der Waals surface area contributed by atoms with Crippen molar-refractivity contribution in [2.75, 3.05) is 24.6 Å². The van der Waals surface area contributed by atoms with E-state index in [1.54, 1.807) is 25.1 Å². The van der Waals surface area contributed by atoms with Gasteiger partial charge in [0.25, 0.3) is 10.0 Å². The number of ether oxygens (including phenoxy) is 1. The Kier molecular flexibility index (Phi) is 7.49. The lowest BCUT2D eigenvalue weighted by Crippen LogP contribution is -2.44. The lowest BCUT2D eigenvalue weighted by atomic mass is 10.3. The minimum Gasteiger partial charge on any atom is -0.383 e. The Hall–Kier alpha value is -1.80. The summed E-state index contributed by atoms with van der Waals surface area (Å²) in [5, 5.41) is 3.47. The van der Waals surface area contributed by atoms with Crippen LogP contribution in [0.5, 0.6) is 0 Å². The van der Waals surface area contributed by atoms with Crippen LogP contribution in [0.4, 0.5) is 5.69 Å². The first kappa shape index (κ1) is 21.5. The maximum atomic E-state index is 13.1. The number of hydrogen-bond donors (Lipinski definition) is 1. The van der Waals surface area contributed by atoms with E-state index in [-0.39, 0.29) is 16.6 Å². The molecule has 0 radical (unpaired) electrons. The molecule has 2 aromatic carbocycles. The third-order valence-corrected chi connectivity index (χ3v) is 5.88. The smallest absolute Gasteiger partial charge is 0.264 e. The Morgan fingerprint density at radius 2 is 1.81 bits per heavy atom. The summed E-state index contributed by atoms with van der Waals surface area (Å²) in [5.74, 6) is -0.461. The molecule has 6 nitrogen and oxygen atoms in total. The van der Waals surface area contributed by atoms with Gasteiger partial charge in [0.1, 0.15) is 6.54 Å². The van der Waals surface area contributed by atoms with Crippen molar-refractivity contribution >= 4 is 44.8 Å². The fourth-order valence-electron chi connectivity index (χ4n) is 2.42. The number of carbonyl (C=O) groups is 1. The Balaban J connectivity index is 2.38. The highest BCUT2D eigenvalue weighted by molar-refractivity contribution is 7.92. The summed E-state index contributed by atoms with van der Waals surface area (Å²) in [6.07, 6.45) is 0. The number of amides is 1. The molecule has 27 heavy (non-hydrogen) atoms. The van der Waals surface area contributed by atoms with Crippen molar-refractivity contribution in [1.82, 2.24) is 5.32 Å². The van der Waals surface area contributed by atoms with E-state index in [9.17, 15) is 13.2 Å². The lowest BCUT2D eigenvalue weighted by molar-refractivity contribution is -0.120. The summed E-state index contributed by atoms with van der Waals surface area (Å²) in [4.78, 5) is 12.4. The first-order valence-corrected chi connectivity index (χ1v) is 10.3. The second-order valence-corrected chi connectivity index (χ2v) is 8.60. The van der Waals surface area contributed by atoms with Gasteiger partial charge in [0, 0.05) is 23.2 Å². The summed E-state index contributed by atoms with van der Waals surface area (Å²) < 4.78 is 32.3. The van der Waals surface area contributed by atoms with E-state index in [1.807, 2.05) is 0 Å². The van der Waals surface area contributed by atoms with Crippen LogP contribution in [0.3, 0.4) is 0 Å². The standard InChI is InChI=1S/C18H20Cl2N2O4S/c1-13(12-26-2)21-18(23)11-22(16-5-3-4-15(20)10-16)27(24,25)17-8-6-14(19)7-9-17/h3-10,13H,11-12H2,1-2H3,(H,21,23)/t13-/m1/s1. The third-order valence-electron chi connectivity index (χ3n) is 3.61. The number of sulfonamides is 1. The minimum absolute atomic E-state index is 0.0182. The van der Waals surface area contributed by atoms with Crippen LogP contribution in [0.2, 0.25) is 10.0 Å². The monoisotopic (exact) mass is 430 g/mol. The van der Waals surface area contributed by atoms with Crippen LogP contribution >= 0.6 is 23.2 Å². The van der Waals surface area contributed by atoms with Gasteiger partial charge in [-0.3, -0.25) is 9.10 Å². The zero-order valence-electron chi connectivity index (χ0n) is 14.9. The van der Waals surface area contributed by atoms with Crippen molar-refractivity contribution in [1.29, 1.82) is 0 Å². The molecular formula is C18H20Cl2N2O4S. The highest BCUT2D eigenvalue weighted by atomic mass is 35.5. The molecule has 0 aliphatic heterocycles. The van der Waals surface area contributed by atoms with Crippen molar-refractivity contribution in [2.45, 2.75) is 17.9 Å². The number of anilines is 1. The molecule has 2 rings (SSSR count). The third kappa shape index (κ3) is 5.84. The number of benzene rings is 2. The second kappa shape index (κ2) is 9.41. The Morgan fingerprint density at radius 3 is 2.41 bits per heavy atom. The zero-order chi connectivity index (χ0) is 20.0. The van der Waals surface area contributed by atoms with Crippen molar-refractivity contribution in [2.24, 2.45) is 0 Å². The van der Waals surface area contributed by atoms with E-state index in [0.29, 0.717) is 16.7 Å². The Labute approximate surface area is 169 Å². The van der Waals surface area contributed by atoms with Crippen molar-refractivity contribution in [3.63, 3.8) is 0 Å². The van der Waals surface area contributed by atoms with Gasteiger partial charge in [-0.15, -0.1) is 0 Å². The molecule has 0 fully saturated rings. The van der Waals surface area contributed by atoms with Gasteiger partial charge in [-0.2, -0.15) is 0 Å². The Bertz CT molecular complexity index is 888. The summed E-state index contributed by atoms with van der Waals surface area (Å²) in [6, 6.07) is 11.8. The van der Waals surface area contributed by atoms with Gasteiger partial charge in [-0.1, -0.05) is 29.3 Å². The van der Waals surface area contributed by atoms with Crippen LogP contribution in [-0.2, 0) is 19.6 Å². The molecule has 0 aliphatic carbocycles. The normalized spacial score (nSPS) is 12.4. The molecule has 1 amide bonds. The topological polar surface area (TPSA) is 75.7 Å². The molecule has 0 heterocycles. The predicted octanol–water partition coefficient (Wildman–Crippen LogP) is 3.34. The van der Waals surface area contributed by atoms with Gasteiger partial charge in [0.05, 0.1) is 17.2 Å². The van der Waals surface area contributed by atoms with E-state index >= 15 is 0 Å². The molecule has 1 atom stereocenters. The molecule has 0 aromatic heterocycles. The van der Waals surface area contributed by atoms with Crippen molar-refractivity contribution < 1.29 is 17.9 Å². The molecule has 9 heteroatoms. The largest absolute Gasteiger partial charge is 0.383 e. The number of rotatable bonds is 8. The number of halogens is 2. The molecule has 1 N–H and O–H groups in total. The van der Waals surface area contributed by atoms with Gasteiger partial charge in [0.15, 0.2) is 0 Å². The van der Waals surface area contributed by atoms with Gasteiger partial charge in [-0.25, -0.2) is 8.42 Å². The van der Waals surface area contributed by atoms with Crippen LogP contribution in [0.1, 0.15) is 6.92 Å². The highest BCUT2D eigenvalue weighted by Crippen LogP contribution is 2.26. The summed E-state index contributed by atoms with van der Waals surface area (Å²) >= 11 is 11.9. The van der Waals surface area contributed by atoms with E-state index in [1.165, 1.54) is 37.4 Å². The Morgan fingerprint density at radius 1 is 1.15 bits per heavy atom. The van der Waals surface area contributed by atoms with Gasteiger partial charge < -0.3 is 10.1 Å². The molecule has 2 aromatic rings. The number of nitrogens with zero attached hydrogens (tertiary/aromatic N) is 1. The first-order chi connectivity index (χ1) is 12.7. The van der Waals surface area contributed by atoms with Gasteiger partial charge in [0.2, 0.25) is 5.91 Å². The predicted molar refractivity (Wildman–Crippen MR) is 107 cm³/mol. The van der Waals surface area contributed by atoms with E-state index < -0.39 is 22.5 Å². The van der Waals surface area contributed by atoms with E-state index in [4.69, 9.17) is 27.9 Å². The molecular weight excluding hydrogens is 411 g/mol. The van der Waals surface area contributed by atoms with Crippen molar-refractivity contribution in [3.05, 3.63) is 58.6 Å². The molecule has 0 bridgehead atoms. The van der Waals surface area contributed by atoms with Crippen LogP contribution < -0.4 is 9.62 Å². The average Bonchev–Trinajstić information content (AvgIpc) is 2.60. The van der Waals surface area contributed by atoms with E-state index in [0.717, 1.165) is 4.31 Å². The van der Waals surface area contributed by atoms with E-state index in [2.05, 4.69) is 5.32 Å². The van der Waals surface area contributed by atoms with Crippen LogP contribution in [0, 0.1) is 0 Å². The minimum atomic E-state index is -4.01. The molecule has 0 unspecified atom stereocenters. The molecule has 146 valence electrons. The van der Waals surface area contributed by atoms with Crippen LogP contribution in [0.25, 0.3) is 0 Å². The molecule has 0 saturated carbocycles. The molecule has 0 saturated heterocycles. The number of nitrogens with one attached hydrogen (secondary N) is 1. The van der Waals surface area contributed by atoms with Crippen LogP contribution in [-0.4, -0.2) is 40.6 Å². The maximum absolute atomic E-state index is 13.1. The maximum Gasteiger partial charge on any atom is 0.264 e. The fourth-order valence-corrected chi connectivity index (χ4v) is 4.15. The molecule has 0 spiro atoms. The second-order valence-electron chi connectivity index (χ2n) is 5.87. The summed E-state index contributed by atoms with van der Waals surface area (Å²) in [6.45, 7) is 1.67. The van der Waals surface area contributed by atoms with Gasteiger partial charge in [-0.05, 0) is 49.4 Å². The number of hydrogen-bond acceptors (Lipinski definition) is 4. The van der Waals surface area contributed by atoms with Crippen LogP contribution in [0.15, 0.2) is 53.4 Å². The molecule has 0 aliphatic rings. The first-order valence-electron chi connectivity index (χ1n) is 8.06. The summed E-state index contributed by atoms with van der Waals surface area (Å²) in [7, 11) is -2.49. The zero-order valence-corrected chi connectivity index (χ0v) is 17.2. The number of carbonyl (C=O) groups excluding carboxylic acids is 1. The SMILES string of the molecule is COC[C@@H](C)NC(=O)CN(c1cccc(Cl)c1)S(=O)(=O)c1ccc(Cl)cc1. The fraction of sp³-hybridized carbons (Fsp3) is 0.278. The summed E-state index contributed by atoms with van der Waals surface area (Å²) in [5.41, 5.74) is 0.284. The highest BCUT2D eigenvalue weighted by Gasteiger charge is 2.27. The lowest BCUT2D eigenvalue weighted by Gasteiger charge is -2.25. The van der Waals surface area contributed by atoms with Gasteiger partial charge >= 0.3 is 0 Å². The quantitative estimate of drug-likeness (QED) is 0.696. The average molecular weight is 431 g/mol.